The molecule has 6 rings (SSSR count). The zero-order valence-electron chi connectivity index (χ0n) is 24.7. The molecule has 2 heterocycles. The number of esters is 1. The minimum atomic E-state index is -1.12. The Morgan fingerprint density at radius 2 is 1.55 bits per heavy atom. The topological polar surface area (TPSA) is 50.8 Å². The summed E-state index contributed by atoms with van der Waals surface area (Å²) >= 11 is 6.29. The van der Waals surface area contributed by atoms with Gasteiger partial charge in [-0.2, -0.15) is 0 Å². The van der Waals surface area contributed by atoms with Gasteiger partial charge in [-0.05, 0) is 86.3 Å². The maximum atomic E-state index is 13.4. The molecular weight excluding hydrogens is 544 g/mol. The third-order valence-electron chi connectivity index (χ3n) is 8.41. The minimum absolute atomic E-state index is 0.329. The summed E-state index contributed by atoms with van der Waals surface area (Å²) in [5.74, 6) is 1.08. The molecule has 4 aromatic rings. The highest BCUT2D eigenvalue weighted by Gasteiger charge is 2.53. The van der Waals surface area contributed by atoms with Crippen LogP contribution in [0.1, 0.15) is 77.7 Å². The van der Waals surface area contributed by atoms with Crippen LogP contribution in [0, 0.1) is 13.8 Å². The molecule has 0 radical (unpaired) electrons. The Balaban J connectivity index is 1.50. The van der Waals surface area contributed by atoms with Crippen molar-refractivity contribution in [1.29, 1.82) is 0 Å². The predicted molar refractivity (Wildman–Crippen MR) is 171 cm³/mol. The zero-order chi connectivity index (χ0) is 29.4. The molecule has 1 spiro atoms. The summed E-state index contributed by atoms with van der Waals surface area (Å²) in [6.45, 7) is 10.5. The van der Waals surface area contributed by atoms with Gasteiger partial charge in [-0.3, -0.25) is 0 Å². The van der Waals surface area contributed by atoms with Gasteiger partial charge in [0.1, 0.15) is 11.5 Å². The lowest BCUT2D eigenvalue weighted by atomic mass is 9.77. The van der Waals surface area contributed by atoms with Crippen molar-refractivity contribution < 1.29 is 14.3 Å². The molecule has 0 amide bonds. The first-order chi connectivity index (χ1) is 20.3. The summed E-state index contributed by atoms with van der Waals surface area (Å²) in [4.78, 5) is 15.8. The number of aryl methyl sites for hydroxylation is 2. The van der Waals surface area contributed by atoms with E-state index in [9.17, 15) is 4.79 Å². The number of hydrogen-bond donors (Lipinski definition) is 1. The molecule has 2 aliphatic heterocycles. The standard InChI is InChI=1S/C36H37ClN2O3/c1-5-7-17-39(18-8-6-2)26-14-15-29-34(21-26)41-33-20-24(4)32(38-25-13-16-31(37)23(3)19-25)22-30(33)36(29)28-12-10-9-11-27(28)35(40)42-36/h9-16,19-22,38H,5-8,17-18H2,1-4H3. The molecule has 1 atom stereocenters. The van der Waals surface area contributed by atoms with Crippen LogP contribution in [0.2, 0.25) is 5.02 Å². The van der Waals surface area contributed by atoms with Gasteiger partial charge in [-0.1, -0.05) is 56.5 Å². The molecule has 0 saturated carbocycles. The van der Waals surface area contributed by atoms with Crippen LogP contribution in [0.4, 0.5) is 17.1 Å². The molecule has 0 bridgehead atoms. The highest BCUT2D eigenvalue weighted by molar-refractivity contribution is 6.31. The predicted octanol–water partition coefficient (Wildman–Crippen LogP) is 9.68. The van der Waals surface area contributed by atoms with E-state index in [2.05, 4.69) is 55.3 Å². The van der Waals surface area contributed by atoms with Crippen molar-refractivity contribution in [1.82, 2.24) is 0 Å². The number of carbonyl (C=O) groups is 1. The second-order valence-electron chi connectivity index (χ2n) is 11.3. The monoisotopic (exact) mass is 580 g/mol. The molecule has 6 heteroatoms. The minimum Gasteiger partial charge on any atom is -0.456 e. The Bertz CT molecular complexity index is 1660. The summed E-state index contributed by atoms with van der Waals surface area (Å²) in [5, 5.41) is 4.28. The van der Waals surface area contributed by atoms with Gasteiger partial charge in [0.15, 0.2) is 5.60 Å². The van der Waals surface area contributed by atoms with Crippen LogP contribution in [-0.2, 0) is 10.3 Å². The lowest BCUT2D eigenvalue weighted by molar-refractivity contribution is 0.0224. The van der Waals surface area contributed by atoms with Crippen molar-refractivity contribution in [2.24, 2.45) is 0 Å². The highest BCUT2D eigenvalue weighted by atomic mass is 35.5. The van der Waals surface area contributed by atoms with Gasteiger partial charge in [-0.15, -0.1) is 0 Å². The van der Waals surface area contributed by atoms with Crippen molar-refractivity contribution in [3.05, 3.63) is 111 Å². The Hall–Kier alpha value is -3.96. The fourth-order valence-corrected chi connectivity index (χ4v) is 6.20. The van der Waals surface area contributed by atoms with Gasteiger partial charge in [0.2, 0.25) is 0 Å². The Morgan fingerprint density at radius 3 is 2.29 bits per heavy atom. The van der Waals surface area contributed by atoms with Crippen molar-refractivity contribution in [3.8, 4) is 11.5 Å². The number of nitrogens with one attached hydrogen (secondary N) is 1. The molecule has 4 aromatic carbocycles. The van der Waals surface area contributed by atoms with Gasteiger partial charge < -0.3 is 19.7 Å². The zero-order valence-corrected chi connectivity index (χ0v) is 25.5. The molecule has 216 valence electrons. The van der Waals surface area contributed by atoms with E-state index in [1.165, 1.54) is 0 Å². The number of anilines is 3. The van der Waals surface area contributed by atoms with Gasteiger partial charge in [0.25, 0.3) is 0 Å². The lowest BCUT2D eigenvalue weighted by Gasteiger charge is -2.38. The van der Waals surface area contributed by atoms with E-state index < -0.39 is 5.60 Å². The maximum absolute atomic E-state index is 13.4. The summed E-state index contributed by atoms with van der Waals surface area (Å²) in [5.41, 5.74) is 6.90. The van der Waals surface area contributed by atoms with E-state index >= 15 is 0 Å². The van der Waals surface area contributed by atoms with Gasteiger partial charge in [0, 0.05) is 57.9 Å². The molecule has 42 heavy (non-hydrogen) atoms. The number of fused-ring (bicyclic) bond motifs is 6. The summed E-state index contributed by atoms with van der Waals surface area (Å²) < 4.78 is 13.1. The van der Waals surface area contributed by atoms with Crippen LogP contribution in [0.15, 0.2) is 72.8 Å². The van der Waals surface area contributed by atoms with Gasteiger partial charge in [-0.25, -0.2) is 4.79 Å². The normalized spacial score (nSPS) is 16.4. The van der Waals surface area contributed by atoms with E-state index in [1.807, 2.05) is 55.5 Å². The van der Waals surface area contributed by atoms with Crippen molar-refractivity contribution in [3.63, 3.8) is 0 Å². The second kappa shape index (κ2) is 11.4. The van der Waals surface area contributed by atoms with Gasteiger partial charge >= 0.3 is 5.97 Å². The smallest absolute Gasteiger partial charge is 0.340 e. The van der Waals surface area contributed by atoms with Crippen LogP contribution in [0.25, 0.3) is 0 Å². The molecule has 1 N–H and O–H groups in total. The SMILES string of the molecule is CCCCN(CCCC)c1ccc2c(c1)Oc1cc(C)c(Nc3ccc(Cl)c(C)c3)cc1C21OC(=O)c2ccccc21. The third kappa shape index (κ3) is 4.80. The highest BCUT2D eigenvalue weighted by Crippen LogP contribution is 2.57. The first-order valence-electron chi connectivity index (χ1n) is 14.9. The third-order valence-corrected chi connectivity index (χ3v) is 8.83. The number of carbonyl (C=O) groups excluding carboxylic acids is 1. The quantitative estimate of drug-likeness (QED) is 0.200. The average Bonchev–Trinajstić information content (AvgIpc) is 3.28. The molecule has 0 aliphatic carbocycles. The Labute approximate surface area is 253 Å². The van der Waals surface area contributed by atoms with Crippen molar-refractivity contribution in [2.75, 3.05) is 23.3 Å². The number of hydrogen-bond acceptors (Lipinski definition) is 5. The molecule has 0 fully saturated rings. The lowest BCUT2D eigenvalue weighted by Crippen LogP contribution is -2.33. The van der Waals surface area contributed by atoms with Crippen LogP contribution in [0.5, 0.6) is 11.5 Å². The Kier molecular flexibility index (Phi) is 7.63. The van der Waals surface area contributed by atoms with Crippen molar-refractivity contribution >= 4 is 34.6 Å². The van der Waals surface area contributed by atoms with Crippen molar-refractivity contribution in [2.45, 2.75) is 59.0 Å². The van der Waals surface area contributed by atoms with E-state index in [4.69, 9.17) is 21.1 Å². The van der Waals surface area contributed by atoms with E-state index in [-0.39, 0.29) is 5.97 Å². The molecule has 0 saturated heterocycles. The number of unbranched alkanes of at least 4 members (excludes halogenated alkanes) is 2. The summed E-state index contributed by atoms with van der Waals surface area (Å²) in [7, 11) is 0. The van der Waals surface area contributed by atoms with Crippen LogP contribution >= 0.6 is 11.6 Å². The molecule has 2 aliphatic rings. The first kappa shape index (κ1) is 28.2. The Morgan fingerprint density at radius 1 is 0.810 bits per heavy atom. The second-order valence-corrected chi connectivity index (χ2v) is 11.8. The maximum Gasteiger partial charge on any atom is 0.340 e. The van der Waals surface area contributed by atoms with Crippen LogP contribution in [-0.4, -0.2) is 19.1 Å². The van der Waals surface area contributed by atoms with Gasteiger partial charge in [0.05, 0.1) is 5.56 Å². The summed E-state index contributed by atoms with van der Waals surface area (Å²) in [6, 6.07) is 24.0. The fraction of sp³-hybridized carbons (Fsp3) is 0.306. The number of rotatable bonds is 9. The van der Waals surface area contributed by atoms with Crippen LogP contribution < -0.4 is 15.0 Å². The summed E-state index contributed by atoms with van der Waals surface area (Å²) in [6.07, 6.45) is 4.53. The number of halogens is 1. The molecule has 5 nitrogen and oxygen atoms in total. The van der Waals surface area contributed by atoms with Crippen LogP contribution in [0.3, 0.4) is 0 Å². The fourth-order valence-electron chi connectivity index (χ4n) is 6.09. The van der Waals surface area contributed by atoms with E-state index in [0.717, 1.165) is 94.4 Å². The number of nitrogens with zero attached hydrogens (tertiary/aromatic N) is 1. The first-order valence-corrected chi connectivity index (χ1v) is 15.3. The molecule has 0 aromatic heterocycles. The molecular formula is C36H37ClN2O3. The van der Waals surface area contributed by atoms with E-state index in [1.54, 1.807) is 0 Å². The number of ether oxygens (including phenoxy) is 2. The largest absolute Gasteiger partial charge is 0.456 e. The van der Waals surface area contributed by atoms with E-state index in [0.29, 0.717) is 11.3 Å². The number of benzene rings is 4. The average molecular weight is 581 g/mol. The molecule has 1 unspecified atom stereocenters.